The molecule has 2 aromatic rings. The fourth-order valence-electron chi connectivity index (χ4n) is 1.43. The lowest BCUT2D eigenvalue weighted by atomic mass is 10.1. The normalized spacial score (nSPS) is 10.4. The fourth-order valence-corrected chi connectivity index (χ4v) is 2.35. The van der Waals surface area contributed by atoms with Crippen molar-refractivity contribution in [2.24, 2.45) is 0 Å². The number of aldehydes is 1. The lowest BCUT2D eigenvalue weighted by Gasteiger charge is -2.08. The van der Waals surface area contributed by atoms with Crippen molar-refractivity contribution in [1.29, 1.82) is 0 Å². The molecule has 0 radical (unpaired) electrons. The summed E-state index contributed by atoms with van der Waals surface area (Å²) >= 11 is 23.9. The van der Waals surface area contributed by atoms with Crippen LogP contribution in [0.25, 0.3) is 11.3 Å². The van der Waals surface area contributed by atoms with E-state index in [4.69, 9.17) is 46.4 Å². The first-order valence-corrected chi connectivity index (χ1v) is 6.31. The van der Waals surface area contributed by atoms with Gasteiger partial charge < -0.3 is 0 Å². The molecule has 0 saturated carbocycles. The third-order valence-corrected chi connectivity index (χ3v) is 3.73. The lowest BCUT2D eigenvalue weighted by molar-refractivity contribution is 0.112. The van der Waals surface area contributed by atoms with Crippen LogP contribution < -0.4 is 0 Å². The summed E-state index contributed by atoms with van der Waals surface area (Å²) in [6, 6.07) is 6.37. The van der Waals surface area contributed by atoms with Crippen molar-refractivity contribution >= 4 is 52.7 Å². The average Bonchev–Trinajstić information content (AvgIpc) is 2.35. The summed E-state index contributed by atoms with van der Waals surface area (Å²) in [5.74, 6) is 0. The zero-order valence-electron chi connectivity index (χ0n) is 8.75. The molecule has 0 amide bonds. The highest BCUT2D eigenvalue weighted by atomic mass is 35.5. The largest absolute Gasteiger partial charge is 0.298 e. The fraction of sp³-hybridized carbons (Fsp3) is 0. The van der Waals surface area contributed by atoms with Crippen LogP contribution in [0.1, 0.15) is 10.4 Å². The molecule has 0 aliphatic rings. The average molecular weight is 321 g/mol. The maximum absolute atomic E-state index is 10.7. The number of carbonyl (C=O) groups is 1. The number of nitrogens with zero attached hydrogens (tertiary/aromatic N) is 1. The number of benzene rings is 1. The van der Waals surface area contributed by atoms with Crippen LogP contribution in [0.2, 0.25) is 20.2 Å². The number of aromatic nitrogens is 1. The molecule has 92 valence electrons. The molecule has 0 atom stereocenters. The number of pyridine rings is 1. The molecule has 1 heterocycles. The van der Waals surface area contributed by atoms with E-state index in [0.717, 1.165) is 0 Å². The SMILES string of the molecule is O=Cc1ccc(-c2c(Cl)ccc(Cl)c2Cl)nc1Cl. The minimum Gasteiger partial charge on any atom is -0.298 e. The summed E-state index contributed by atoms with van der Waals surface area (Å²) in [6.45, 7) is 0. The summed E-state index contributed by atoms with van der Waals surface area (Å²) in [4.78, 5) is 14.7. The Morgan fingerprint density at radius 3 is 2.22 bits per heavy atom. The minimum atomic E-state index is 0.0922. The topological polar surface area (TPSA) is 30.0 Å². The number of carbonyl (C=O) groups excluding carboxylic acids is 1. The van der Waals surface area contributed by atoms with Gasteiger partial charge >= 0.3 is 0 Å². The van der Waals surface area contributed by atoms with E-state index in [0.29, 0.717) is 38.2 Å². The van der Waals surface area contributed by atoms with Crippen LogP contribution in [0.4, 0.5) is 0 Å². The van der Waals surface area contributed by atoms with Crippen LogP contribution in [0.5, 0.6) is 0 Å². The van der Waals surface area contributed by atoms with Crippen molar-refractivity contribution in [1.82, 2.24) is 4.98 Å². The van der Waals surface area contributed by atoms with Gasteiger partial charge in [-0.1, -0.05) is 46.4 Å². The Kier molecular flexibility index (Phi) is 4.13. The molecule has 0 spiro atoms. The van der Waals surface area contributed by atoms with Gasteiger partial charge in [0.2, 0.25) is 0 Å². The molecule has 0 unspecified atom stereocenters. The second-order valence-corrected chi connectivity index (χ2v) is 4.96. The van der Waals surface area contributed by atoms with Crippen LogP contribution in [-0.2, 0) is 0 Å². The molecule has 0 N–H and O–H groups in total. The van der Waals surface area contributed by atoms with Crippen LogP contribution in [0.3, 0.4) is 0 Å². The van der Waals surface area contributed by atoms with E-state index in [2.05, 4.69) is 4.98 Å². The van der Waals surface area contributed by atoms with E-state index in [-0.39, 0.29) is 5.15 Å². The highest BCUT2D eigenvalue weighted by Gasteiger charge is 2.14. The van der Waals surface area contributed by atoms with E-state index in [9.17, 15) is 4.79 Å². The van der Waals surface area contributed by atoms with E-state index in [1.165, 1.54) is 0 Å². The van der Waals surface area contributed by atoms with Gasteiger partial charge in [-0.05, 0) is 24.3 Å². The van der Waals surface area contributed by atoms with E-state index in [1.807, 2.05) is 0 Å². The van der Waals surface area contributed by atoms with E-state index >= 15 is 0 Å². The van der Waals surface area contributed by atoms with Gasteiger partial charge in [-0.2, -0.15) is 0 Å². The van der Waals surface area contributed by atoms with Crippen LogP contribution in [0, 0.1) is 0 Å². The van der Waals surface area contributed by atoms with Gasteiger partial charge in [0, 0.05) is 5.56 Å². The third-order valence-electron chi connectivity index (χ3n) is 2.30. The van der Waals surface area contributed by atoms with Gasteiger partial charge in [-0.25, -0.2) is 4.98 Å². The highest BCUT2D eigenvalue weighted by Crippen LogP contribution is 2.38. The Balaban J connectivity index is 2.66. The van der Waals surface area contributed by atoms with Crippen LogP contribution in [0.15, 0.2) is 24.3 Å². The maximum Gasteiger partial charge on any atom is 0.153 e. The molecule has 2 nitrogen and oxygen atoms in total. The number of hydrogen-bond donors (Lipinski definition) is 0. The van der Waals surface area contributed by atoms with Crippen molar-refractivity contribution in [3.63, 3.8) is 0 Å². The Labute approximate surface area is 123 Å². The second kappa shape index (κ2) is 5.45. The lowest BCUT2D eigenvalue weighted by Crippen LogP contribution is -1.91. The van der Waals surface area contributed by atoms with Gasteiger partial charge in [0.15, 0.2) is 6.29 Å². The Morgan fingerprint density at radius 2 is 1.61 bits per heavy atom. The monoisotopic (exact) mass is 319 g/mol. The van der Waals surface area contributed by atoms with E-state index in [1.54, 1.807) is 24.3 Å². The van der Waals surface area contributed by atoms with Crippen molar-refractivity contribution in [2.75, 3.05) is 0 Å². The smallest absolute Gasteiger partial charge is 0.153 e. The third kappa shape index (κ3) is 2.47. The molecule has 1 aromatic carbocycles. The van der Waals surface area contributed by atoms with Crippen molar-refractivity contribution in [3.05, 3.63) is 50.0 Å². The molecule has 0 bridgehead atoms. The Hall–Kier alpha value is -0.800. The summed E-state index contributed by atoms with van der Waals surface area (Å²) in [7, 11) is 0. The van der Waals surface area contributed by atoms with Gasteiger partial charge in [0.25, 0.3) is 0 Å². The summed E-state index contributed by atoms with van der Waals surface area (Å²) < 4.78 is 0. The zero-order valence-corrected chi connectivity index (χ0v) is 11.8. The standard InChI is InChI=1S/C12H5Cl4NO/c13-7-2-3-8(14)11(15)10(7)9-4-1-6(5-18)12(16)17-9/h1-5H. The molecule has 1 aromatic heterocycles. The second-order valence-electron chi connectivity index (χ2n) is 3.41. The first-order chi connectivity index (χ1) is 8.54. The molecule has 2 rings (SSSR count). The Bertz CT molecular complexity index is 628. The van der Waals surface area contributed by atoms with Gasteiger partial charge in [0.1, 0.15) is 5.15 Å². The van der Waals surface area contributed by atoms with Crippen LogP contribution in [-0.4, -0.2) is 11.3 Å². The van der Waals surface area contributed by atoms with Gasteiger partial charge in [-0.3, -0.25) is 4.79 Å². The first kappa shape index (κ1) is 13.6. The minimum absolute atomic E-state index is 0.0922. The number of rotatable bonds is 2. The predicted molar refractivity (Wildman–Crippen MR) is 75.1 cm³/mol. The molecule has 0 fully saturated rings. The van der Waals surface area contributed by atoms with Gasteiger partial charge in [-0.15, -0.1) is 0 Å². The first-order valence-electron chi connectivity index (χ1n) is 4.80. The van der Waals surface area contributed by atoms with Gasteiger partial charge in [0.05, 0.1) is 26.3 Å². The molecule has 18 heavy (non-hydrogen) atoms. The quantitative estimate of drug-likeness (QED) is 0.434. The molecular formula is C12H5Cl4NO. The van der Waals surface area contributed by atoms with Crippen molar-refractivity contribution in [3.8, 4) is 11.3 Å². The molecular weight excluding hydrogens is 316 g/mol. The molecule has 0 saturated heterocycles. The summed E-state index contributed by atoms with van der Waals surface area (Å²) in [6.07, 6.45) is 0.625. The van der Waals surface area contributed by atoms with Crippen molar-refractivity contribution in [2.45, 2.75) is 0 Å². The predicted octanol–water partition coefficient (Wildman–Crippen LogP) is 5.17. The van der Waals surface area contributed by atoms with Crippen molar-refractivity contribution < 1.29 is 4.79 Å². The summed E-state index contributed by atoms with van der Waals surface area (Å²) in [5.41, 5.74) is 1.25. The summed E-state index contributed by atoms with van der Waals surface area (Å²) in [5, 5.41) is 1.17. The number of hydrogen-bond acceptors (Lipinski definition) is 2. The zero-order chi connectivity index (χ0) is 13.3. The highest BCUT2D eigenvalue weighted by molar-refractivity contribution is 6.46. The van der Waals surface area contributed by atoms with Crippen LogP contribution >= 0.6 is 46.4 Å². The van der Waals surface area contributed by atoms with E-state index < -0.39 is 0 Å². The number of halogens is 4. The molecule has 6 heteroatoms. The molecule has 0 aliphatic heterocycles. The molecule has 0 aliphatic carbocycles. The Morgan fingerprint density at radius 1 is 0.944 bits per heavy atom. The maximum atomic E-state index is 10.7.